The topological polar surface area (TPSA) is 52.6 Å². The third kappa shape index (κ3) is 3.46. The maximum absolute atomic E-state index is 11.8. The van der Waals surface area contributed by atoms with Crippen LogP contribution in [0.2, 0.25) is 0 Å². The van der Waals surface area contributed by atoms with Crippen molar-refractivity contribution in [2.75, 3.05) is 13.6 Å². The average Bonchev–Trinajstić information content (AvgIpc) is 2.30. The Hall–Kier alpha value is -0.610. The summed E-state index contributed by atoms with van der Waals surface area (Å²) < 4.78 is 0. The minimum absolute atomic E-state index is 0.0814. The molecule has 94 valence electrons. The number of likely N-dealkylation sites (N-methyl/N-ethyl adjacent to an activating group) is 1. The summed E-state index contributed by atoms with van der Waals surface area (Å²) in [5, 5.41) is 13.1. The molecule has 0 radical (unpaired) electrons. The van der Waals surface area contributed by atoms with Crippen LogP contribution < -0.4 is 5.32 Å². The van der Waals surface area contributed by atoms with Crippen molar-refractivity contribution in [3.8, 4) is 0 Å². The highest BCUT2D eigenvalue weighted by atomic mass is 16.3. The fraction of sp³-hybridized carbons (Fsp3) is 0.917. The SMILES string of the molecule is CCN(C)C(=O)C(C)NC1CCCCC1O. The number of hydrogen-bond donors (Lipinski definition) is 2. The molecule has 4 nitrogen and oxygen atoms in total. The van der Waals surface area contributed by atoms with Crippen molar-refractivity contribution in [1.82, 2.24) is 10.2 Å². The van der Waals surface area contributed by atoms with Crippen LogP contribution in [-0.4, -0.2) is 47.7 Å². The van der Waals surface area contributed by atoms with Gasteiger partial charge in [0.15, 0.2) is 0 Å². The largest absolute Gasteiger partial charge is 0.392 e. The summed E-state index contributed by atoms with van der Waals surface area (Å²) in [5.74, 6) is 0.0975. The highest BCUT2D eigenvalue weighted by Gasteiger charge is 2.26. The van der Waals surface area contributed by atoms with Gasteiger partial charge >= 0.3 is 0 Å². The van der Waals surface area contributed by atoms with Crippen molar-refractivity contribution in [2.45, 2.75) is 57.7 Å². The van der Waals surface area contributed by atoms with Crippen LogP contribution in [0.4, 0.5) is 0 Å². The van der Waals surface area contributed by atoms with Crippen LogP contribution in [0.1, 0.15) is 39.5 Å². The summed E-state index contributed by atoms with van der Waals surface area (Å²) >= 11 is 0. The van der Waals surface area contributed by atoms with Crippen molar-refractivity contribution in [1.29, 1.82) is 0 Å². The molecule has 1 amide bonds. The molecule has 0 bridgehead atoms. The van der Waals surface area contributed by atoms with E-state index in [2.05, 4.69) is 5.32 Å². The van der Waals surface area contributed by atoms with Gasteiger partial charge < -0.3 is 15.3 Å². The van der Waals surface area contributed by atoms with Gasteiger partial charge in [-0.2, -0.15) is 0 Å². The molecule has 0 saturated heterocycles. The lowest BCUT2D eigenvalue weighted by Crippen LogP contribution is -2.51. The molecule has 1 aliphatic rings. The summed E-state index contributed by atoms with van der Waals surface area (Å²) in [4.78, 5) is 13.5. The summed E-state index contributed by atoms with van der Waals surface area (Å²) in [7, 11) is 1.80. The van der Waals surface area contributed by atoms with Gasteiger partial charge in [0, 0.05) is 19.6 Å². The van der Waals surface area contributed by atoms with Gasteiger partial charge in [0.25, 0.3) is 0 Å². The molecule has 3 unspecified atom stereocenters. The second-order valence-electron chi connectivity index (χ2n) is 4.70. The molecular weight excluding hydrogens is 204 g/mol. The first kappa shape index (κ1) is 13.5. The molecule has 0 aliphatic heterocycles. The van der Waals surface area contributed by atoms with Gasteiger partial charge in [0.2, 0.25) is 5.91 Å². The van der Waals surface area contributed by atoms with E-state index < -0.39 is 0 Å². The third-order valence-electron chi connectivity index (χ3n) is 3.41. The first-order valence-corrected chi connectivity index (χ1v) is 6.25. The fourth-order valence-electron chi connectivity index (χ4n) is 2.18. The standard InChI is InChI=1S/C12H24N2O2/c1-4-14(3)12(16)9(2)13-10-7-5-6-8-11(10)15/h9-11,13,15H,4-8H2,1-3H3. The lowest BCUT2D eigenvalue weighted by Gasteiger charge is -2.31. The number of nitrogens with zero attached hydrogens (tertiary/aromatic N) is 1. The molecule has 0 aromatic carbocycles. The van der Waals surface area contributed by atoms with Gasteiger partial charge in [-0.3, -0.25) is 4.79 Å². The van der Waals surface area contributed by atoms with E-state index in [-0.39, 0.29) is 24.1 Å². The van der Waals surface area contributed by atoms with E-state index >= 15 is 0 Å². The van der Waals surface area contributed by atoms with E-state index in [1.165, 1.54) is 0 Å². The molecule has 4 heteroatoms. The Bertz CT molecular complexity index is 233. The molecule has 1 fully saturated rings. The quantitative estimate of drug-likeness (QED) is 0.746. The maximum Gasteiger partial charge on any atom is 0.239 e. The molecule has 2 N–H and O–H groups in total. The Balaban J connectivity index is 2.43. The van der Waals surface area contributed by atoms with Crippen LogP contribution in [-0.2, 0) is 4.79 Å². The maximum atomic E-state index is 11.8. The first-order chi connectivity index (χ1) is 7.56. The van der Waals surface area contributed by atoms with Crippen molar-refractivity contribution in [3.63, 3.8) is 0 Å². The molecule has 0 spiro atoms. The monoisotopic (exact) mass is 228 g/mol. The molecule has 16 heavy (non-hydrogen) atoms. The third-order valence-corrected chi connectivity index (χ3v) is 3.41. The van der Waals surface area contributed by atoms with Crippen LogP contribution in [0.25, 0.3) is 0 Å². The summed E-state index contributed by atoms with van der Waals surface area (Å²) in [6.45, 7) is 4.55. The summed E-state index contributed by atoms with van der Waals surface area (Å²) in [6, 6.07) is -0.124. The van der Waals surface area contributed by atoms with Crippen molar-refractivity contribution < 1.29 is 9.90 Å². The van der Waals surface area contributed by atoms with Crippen molar-refractivity contribution >= 4 is 5.91 Å². The van der Waals surface area contributed by atoms with Gasteiger partial charge in [-0.05, 0) is 26.7 Å². The Labute approximate surface area is 98.0 Å². The predicted octanol–water partition coefficient (Wildman–Crippen LogP) is 0.746. The number of aliphatic hydroxyl groups is 1. The number of carbonyl (C=O) groups is 1. The molecule has 1 saturated carbocycles. The minimum Gasteiger partial charge on any atom is -0.392 e. The number of rotatable bonds is 4. The van der Waals surface area contributed by atoms with Crippen LogP contribution in [0.3, 0.4) is 0 Å². The summed E-state index contributed by atoms with van der Waals surface area (Å²) in [5.41, 5.74) is 0. The minimum atomic E-state index is -0.295. The van der Waals surface area contributed by atoms with Crippen LogP contribution in [0.15, 0.2) is 0 Å². The van der Waals surface area contributed by atoms with E-state index in [0.29, 0.717) is 0 Å². The first-order valence-electron chi connectivity index (χ1n) is 6.25. The lowest BCUT2D eigenvalue weighted by atomic mass is 9.92. The number of nitrogens with one attached hydrogen (secondary N) is 1. The number of aliphatic hydroxyl groups excluding tert-OH is 1. The molecule has 3 atom stereocenters. The zero-order valence-corrected chi connectivity index (χ0v) is 10.6. The zero-order chi connectivity index (χ0) is 12.1. The smallest absolute Gasteiger partial charge is 0.239 e. The molecule has 0 heterocycles. The molecule has 1 rings (SSSR count). The van der Waals surface area contributed by atoms with Gasteiger partial charge in [0.1, 0.15) is 0 Å². The van der Waals surface area contributed by atoms with E-state index in [9.17, 15) is 9.90 Å². The van der Waals surface area contributed by atoms with Crippen LogP contribution >= 0.6 is 0 Å². The zero-order valence-electron chi connectivity index (χ0n) is 10.6. The van der Waals surface area contributed by atoms with Gasteiger partial charge in [-0.25, -0.2) is 0 Å². The average molecular weight is 228 g/mol. The highest BCUT2D eigenvalue weighted by molar-refractivity contribution is 5.81. The van der Waals surface area contributed by atoms with E-state index in [1.807, 2.05) is 13.8 Å². The Morgan fingerprint density at radius 1 is 1.50 bits per heavy atom. The Morgan fingerprint density at radius 2 is 2.12 bits per heavy atom. The van der Waals surface area contributed by atoms with E-state index in [1.54, 1.807) is 11.9 Å². The summed E-state index contributed by atoms with van der Waals surface area (Å²) in [6.07, 6.45) is 3.75. The molecular formula is C12H24N2O2. The normalized spacial score (nSPS) is 27.5. The Morgan fingerprint density at radius 3 is 2.69 bits per heavy atom. The van der Waals surface area contributed by atoms with E-state index in [0.717, 1.165) is 32.2 Å². The Kier molecular flexibility index (Phi) is 5.22. The van der Waals surface area contributed by atoms with Crippen molar-refractivity contribution in [2.24, 2.45) is 0 Å². The molecule has 0 aromatic heterocycles. The van der Waals surface area contributed by atoms with Crippen LogP contribution in [0, 0.1) is 0 Å². The second kappa shape index (κ2) is 6.21. The predicted molar refractivity (Wildman–Crippen MR) is 64.2 cm³/mol. The molecule has 0 aromatic rings. The lowest BCUT2D eigenvalue weighted by molar-refractivity contribution is -0.132. The number of hydrogen-bond acceptors (Lipinski definition) is 3. The van der Waals surface area contributed by atoms with Gasteiger partial charge in [-0.15, -0.1) is 0 Å². The molecule has 1 aliphatic carbocycles. The van der Waals surface area contributed by atoms with Gasteiger partial charge in [0.05, 0.1) is 12.1 Å². The van der Waals surface area contributed by atoms with E-state index in [4.69, 9.17) is 0 Å². The number of amides is 1. The van der Waals surface area contributed by atoms with Crippen LogP contribution in [0.5, 0.6) is 0 Å². The van der Waals surface area contributed by atoms with Crippen molar-refractivity contribution in [3.05, 3.63) is 0 Å². The highest BCUT2D eigenvalue weighted by Crippen LogP contribution is 2.18. The fourth-order valence-corrected chi connectivity index (χ4v) is 2.18. The van der Waals surface area contributed by atoms with Gasteiger partial charge in [-0.1, -0.05) is 12.8 Å². The second-order valence-corrected chi connectivity index (χ2v) is 4.70. The number of carbonyl (C=O) groups excluding carboxylic acids is 1.